The van der Waals surface area contributed by atoms with Crippen LogP contribution in [0.25, 0.3) is 0 Å². The average molecular weight is 249 g/mol. The van der Waals surface area contributed by atoms with Gasteiger partial charge in [0.15, 0.2) is 5.54 Å². The Morgan fingerprint density at radius 2 is 2.17 bits per heavy atom. The topological polar surface area (TPSA) is 84.7 Å². The number of hydrogen-bond donors (Lipinski definition) is 2. The predicted molar refractivity (Wildman–Crippen MR) is 65.0 cm³/mol. The number of urea groups is 1. The molecule has 0 radical (unpaired) electrons. The zero-order valence-corrected chi connectivity index (χ0v) is 10.3. The summed E-state index contributed by atoms with van der Waals surface area (Å²) in [6, 6.07) is 6.51. The van der Waals surface area contributed by atoms with Gasteiger partial charge in [0.05, 0.1) is 7.11 Å². The Hall–Kier alpha value is -2.08. The van der Waals surface area contributed by atoms with Crippen LogP contribution in [0.15, 0.2) is 24.3 Å². The van der Waals surface area contributed by atoms with Crippen LogP contribution < -0.4 is 15.8 Å². The van der Waals surface area contributed by atoms with E-state index in [0.717, 1.165) is 4.90 Å². The van der Waals surface area contributed by atoms with E-state index in [1.54, 1.807) is 24.3 Å². The zero-order chi connectivity index (χ0) is 13.3. The summed E-state index contributed by atoms with van der Waals surface area (Å²) < 4.78 is 5.11. The molecular weight excluding hydrogens is 234 g/mol. The van der Waals surface area contributed by atoms with Gasteiger partial charge >= 0.3 is 6.03 Å². The van der Waals surface area contributed by atoms with Crippen LogP contribution in [0, 0.1) is 0 Å². The Morgan fingerprint density at radius 1 is 1.44 bits per heavy atom. The van der Waals surface area contributed by atoms with Crippen molar-refractivity contribution in [2.45, 2.75) is 5.54 Å². The summed E-state index contributed by atoms with van der Waals surface area (Å²) in [7, 11) is 2.96. The van der Waals surface area contributed by atoms with E-state index < -0.39 is 11.6 Å². The number of likely N-dealkylation sites (N-methyl/N-ethyl adjacent to an activating group) is 1. The molecule has 1 aromatic carbocycles. The molecule has 3 N–H and O–H groups in total. The molecule has 0 saturated carbocycles. The number of nitrogens with one attached hydrogen (secondary N) is 1. The molecule has 0 bridgehead atoms. The van der Waals surface area contributed by atoms with E-state index >= 15 is 0 Å². The van der Waals surface area contributed by atoms with E-state index in [9.17, 15) is 9.59 Å². The van der Waals surface area contributed by atoms with Gasteiger partial charge in [-0.05, 0) is 17.7 Å². The average Bonchev–Trinajstić information content (AvgIpc) is 2.64. The molecule has 0 aliphatic carbocycles. The highest BCUT2D eigenvalue weighted by molar-refractivity contribution is 6.07. The van der Waals surface area contributed by atoms with Crippen LogP contribution in [-0.2, 0) is 10.3 Å². The highest BCUT2D eigenvalue weighted by Gasteiger charge is 2.50. The van der Waals surface area contributed by atoms with E-state index in [4.69, 9.17) is 10.5 Å². The molecule has 6 nitrogen and oxygen atoms in total. The molecule has 1 aromatic rings. The van der Waals surface area contributed by atoms with Gasteiger partial charge in [-0.2, -0.15) is 0 Å². The van der Waals surface area contributed by atoms with Crippen molar-refractivity contribution in [2.24, 2.45) is 5.73 Å². The summed E-state index contributed by atoms with van der Waals surface area (Å²) in [5.41, 5.74) is 5.13. The molecule has 6 heteroatoms. The van der Waals surface area contributed by atoms with Crippen molar-refractivity contribution >= 4 is 11.9 Å². The molecule has 1 saturated heterocycles. The summed E-state index contributed by atoms with van der Waals surface area (Å²) in [6.07, 6.45) is 0. The first kappa shape index (κ1) is 12.4. The van der Waals surface area contributed by atoms with Crippen molar-refractivity contribution in [1.29, 1.82) is 0 Å². The van der Waals surface area contributed by atoms with Crippen LogP contribution in [-0.4, -0.2) is 37.5 Å². The first-order chi connectivity index (χ1) is 8.55. The summed E-state index contributed by atoms with van der Waals surface area (Å²) >= 11 is 0. The van der Waals surface area contributed by atoms with Gasteiger partial charge in [-0.15, -0.1) is 0 Å². The minimum Gasteiger partial charge on any atom is -0.497 e. The van der Waals surface area contributed by atoms with Crippen LogP contribution >= 0.6 is 0 Å². The molecule has 1 atom stereocenters. The summed E-state index contributed by atoms with van der Waals surface area (Å²) in [4.78, 5) is 24.8. The van der Waals surface area contributed by atoms with Gasteiger partial charge in [-0.1, -0.05) is 12.1 Å². The van der Waals surface area contributed by atoms with Gasteiger partial charge in [0.25, 0.3) is 5.91 Å². The summed E-state index contributed by atoms with van der Waals surface area (Å²) in [5, 5.41) is 2.64. The van der Waals surface area contributed by atoms with Crippen LogP contribution in [0.3, 0.4) is 0 Å². The lowest BCUT2D eigenvalue weighted by Gasteiger charge is -2.25. The third kappa shape index (κ3) is 1.62. The van der Waals surface area contributed by atoms with Crippen molar-refractivity contribution in [3.05, 3.63) is 29.8 Å². The van der Waals surface area contributed by atoms with Gasteiger partial charge < -0.3 is 15.8 Å². The third-order valence-corrected chi connectivity index (χ3v) is 3.16. The molecule has 3 amide bonds. The molecule has 1 heterocycles. The number of hydrogen-bond acceptors (Lipinski definition) is 4. The second kappa shape index (κ2) is 4.30. The highest BCUT2D eigenvalue weighted by Crippen LogP contribution is 2.29. The van der Waals surface area contributed by atoms with Gasteiger partial charge in [-0.25, -0.2) is 4.79 Å². The van der Waals surface area contributed by atoms with Crippen LogP contribution in [0.1, 0.15) is 5.56 Å². The lowest BCUT2D eigenvalue weighted by Crippen LogP contribution is -2.50. The minimum absolute atomic E-state index is 0.00488. The van der Waals surface area contributed by atoms with E-state index in [-0.39, 0.29) is 12.5 Å². The number of amides is 3. The number of rotatable bonds is 3. The molecule has 2 rings (SSSR count). The Balaban J connectivity index is 2.51. The van der Waals surface area contributed by atoms with Crippen molar-refractivity contribution in [2.75, 3.05) is 20.7 Å². The number of carbonyl (C=O) groups excluding carboxylic acids is 2. The normalized spacial score (nSPS) is 23.2. The van der Waals surface area contributed by atoms with Crippen molar-refractivity contribution in [3.8, 4) is 5.75 Å². The van der Waals surface area contributed by atoms with E-state index in [2.05, 4.69) is 5.32 Å². The Labute approximate surface area is 105 Å². The monoisotopic (exact) mass is 249 g/mol. The molecule has 0 spiro atoms. The highest BCUT2D eigenvalue weighted by atomic mass is 16.5. The van der Waals surface area contributed by atoms with Gasteiger partial charge in [0.2, 0.25) is 0 Å². The maximum atomic E-state index is 12.2. The Morgan fingerprint density at radius 3 is 2.67 bits per heavy atom. The lowest BCUT2D eigenvalue weighted by molar-refractivity contribution is -0.130. The van der Waals surface area contributed by atoms with Gasteiger partial charge in [-0.3, -0.25) is 9.69 Å². The number of benzene rings is 1. The molecule has 1 fully saturated rings. The summed E-state index contributed by atoms with van der Waals surface area (Å²) in [5.74, 6) is 0.250. The van der Waals surface area contributed by atoms with Crippen LogP contribution in [0.4, 0.5) is 4.79 Å². The largest absolute Gasteiger partial charge is 0.497 e. The van der Waals surface area contributed by atoms with Crippen molar-refractivity contribution in [3.63, 3.8) is 0 Å². The molecular formula is C12H15N3O3. The first-order valence-electron chi connectivity index (χ1n) is 5.50. The fourth-order valence-corrected chi connectivity index (χ4v) is 2.04. The number of imide groups is 1. The van der Waals surface area contributed by atoms with Crippen LogP contribution in [0.5, 0.6) is 5.75 Å². The number of methoxy groups -OCH3 is 1. The quantitative estimate of drug-likeness (QED) is 0.740. The van der Waals surface area contributed by atoms with Gasteiger partial charge in [0.1, 0.15) is 5.75 Å². The second-order valence-electron chi connectivity index (χ2n) is 4.14. The summed E-state index contributed by atoms with van der Waals surface area (Å²) in [6.45, 7) is -0.00488. The second-order valence-corrected chi connectivity index (χ2v) is 4.14. The predicted octanol–water partition coefficient (Wildman–Crippen LogP) is 0.0308. The molecule has 0 aromatic heterocycles. The fraction of sp³-hybridized carbons (Fsp3) is 0.333. The molecule has 1 aliphatic heterocycles. The Kier molecular flexibility index (Phi) is 2.96. The van der Waals surface area contributed by atoms with E-state index in [0.29, 0.717) is 11.3 Å². The van der Waals surface area contributed by atoms with E-state index in [1.165, 1.54) is 14.2 Å². The molecule has 18 heavy (non-hydrogen) atoms. The zero-order valence-electron chi connectivity index (χ0n) is 10.3. The van der Waals surface area contributed by atoms with Crippen molar-refractivity contribution < 1.29 is 14.3 Å². The number of nitrogens with zero attached hydrogens (tertiary/aromatic N) is 1. The Bertz CT molecular complexity index is 503. The number of ether oxygens (including phenoxy) is 1. The maximum Gasteiger partial charge on any atom is 0.325 e. The van der Waals surface area contributed by atoms with Crippen LogP contribution in [0.2, 0.25) is 0 Å². The lowest BCUT2D eigenvalue weighted by atomic mass is 9.90. The molecule has 1 aliphatic rings. The number of nitrogens with two attached hydrogens (primary N) is 1. The van der Waals surface area contributed by atoms with Gasteiger partial charge in [0, 0.05) is 13.6 Å². The fourth-order valence-electron chi connectivity index (χ4n) is 2.04. The first-order valence-corrected chi connectivity index (χ1v) is 5.50. The molecule has 1 unspecified atom stereocenters. The van der Waals surface area contributed by atoms with E-state index in [1.807, 2.05) is 0 Å². The SMILES string of the molecule is COc1cccc(C2(CN)NC(=O)N(C)C2=O)c1. The maximum absolute atomic E-state index is 12.2. The molecule has 96 valence electrons. The minimum atomic E-state index is -1.19. The standard InChI is InChI=1S/C12H15N3O3/c1-15-10(16)12(7-13,14-11(15)17)8-4-3-5-9(6-8)18-2/h3-6H,7,13H2,1-2H3,(H,14,17). The van der Waals surface area contributed by atoms with Crippen molar-refractivity contribution in [1.82, 2.24) is 10.2 Å². The number of carbonyl (C=O) groups is 2. The smallest absolute Gasteiger partial charge is 0.325 e. The third-order valence-electron chi connectivity index (χ3n) is 3.16.